The lowest BCUT2D eigenvalue weighted by molar-refractivity contribution is 0.242. The predicted octanol–water partition coefficient (Wildman–Crippen LogP) is 9.00. The minimum Gasteiger partial charge on any atom is -0.491 e. The first-order valence-corrected chi connectivity index (χ1v) is 25.3. The van der Waals surface area contributed by atoms with E-state index in [0.29, 0.717) is 24.8 Å². The Morgan fingerprint density at radius 2 is 0.853 bits per heavy atom. The van der Waals surface area contributed by atoms with Gasteiger partial charge in [-0.05, 0) is 134 Å². The molecule has 68 heavy (non-hydrogen) atoms. The van der Waals surface area contributed by atoms with Gasteiger partial charge in [-0.15, -0.1) is 10.2 Å². The van der Waals surface area contributed by atoms with Crippen molar-refractivity contribution in [2.45, 2.75) is 112 Å². The summed E-state index contributed by atoms with van der Waals surface area (Å²) in [5.41, 5.74) is 8.68. The number of H-pyrrole nitrogens is 4. The molecule has 16 nitrogen and oxygen atoms in total. The molecule has 4 aromatic carbocycles. The van der Waals surface area contributed by atoms with Crippen molar-refractivity contribution in [3.63, 3.8) is 0 Å². The quantitative estimate of drug-likeness (QED) is 0.0628. The zero-order valence-corrected chi connectivity index (χ0v) is 42.0. The van der Waals surface area contributed by atoms with E-state index in [1.54, 1.807) is 12.1 Å². The molecule has 0 aliphatic heterocycles. The van der Waals surface area contributed by atoms with Crippen LogP contribution in [0.3, 0.4) is 0 Å². The Morgan fingerprint density at radius 1 is 0.485 bits per heavy atom. The van der Waals surface area contributed by atoms with Crippen LogP contribution in [0.1, 0.15) is 97.6 Å². The summed E-state index contributed by atoms with van der Waals surface area (Å²) in [5.74, 6) is 2.62. The van der Waals surface area contributed by atoms with Crippen molar-refractivity contribution < 1.29 is 39.4 Å². The lowest BCUT2D eigenvalue weighted by Gasteiger charge is -2.10. The first-order chi connectivity index (χ1) is 32.0. The van der Waals surface area contributed by atoms with Gasteiger partial charge < -0.3 is 27.7 Å². The van der Waals surface area contributed by atoms with E-state index in [9.17, 15) is 21.6 Å². The van der Waals surface area contributed by atoms with Crippen molar-refractivity contribution in [1.29, 1.82) is 0 Å². The molecule has 0 radical (unpaired) electrons. The predicted molar refractivity (Wildman–Crippen MR) is 262 cm³/mol. The molecule has 0 saturated carbocycles. The average molecular weight is 971 g/mol. The second-order valence-corrected chi connectivity index (χ2v) is 20.2. The lowest BCUT2D eigenvalue weighted by atomic mass is 10.1. The van der Waals surface area contributed by atoms with Gasteiger partial charge in [0.05, 0.1) is 24.6 Å². The number of benzene rings is 4. The maximum absolute atomic E-state index is 12.6. The van der Waals surface area contributed by atoms with E-state index in [2.05, 4.69) is 30.6 Å². The molecule has 4 N–H and O–H groups in total. The van der Waals surface area contributed by atoms with E-state index in [4.69, 9.17) is 22.6 Å². The fraction of sp³-hybridized carbons (Fsp3) is 0.340. The van der Waals surface area contributed by atoms with Crippen LogP contribution in [0, 0.1) is 27.7 Å². The maximum atomic E-state index is 12.6. The van der Waals surface area contributed by atoms with Gasteiger partial charge in [-0.25, -0.2) is 0 Å². The summed E-state index contributed by atoms with van der Waals surface area (Å²) in [7, 11) is -7.56. The Balaban J connectivity index is 0.000000196. The standard InChI is InChI=1S/C21H24N2O4S.C15H20N2O4S.C14H18N2O2/c1-14(2)26-18-9-7-17(8-10-18)13-20-16(4)22-23-21(20)27-28(24,25)19-11-5-15(3)6-12-19;1-10(2)20-13-7-5-12(6-8-13)9-14-11(3)16-17-15(14)21-22(4,18)19;1-9(2)18-12-6-4-11(5-7-12)8-13-10(3)15-16-14(13)17/h5-12,14H,13H2,1-4H3,(H,22,23);5-8,10H,9H2,1-4H3,(H,16,17);4-7,9H,8H2,1-3H3,(H2,15,16,17). The van der Waals surface area contributed by atoms with Gasteiger partial charge in [0.1, 0.15) is 22.1 Å². The van der Waals surface area contributed by atoms with Gasteiger partial charge in [0.15, 0.2) is 0 Å². The Bertz CT molecular complexity index is 2970. The van der Waals surface area contributed by atoms with Crippen LogP contribution in [0.4, 0.5) is 0 Å². The summed E-state index contributed by atoms with van der Waals surface area (Å²) in [5, 5.41) is 18.9. The Labute approximate surface area is 399 Å². The zero-order valence-electron chi connectivity index (χ0n) is 40.4. The molecule has 18 heteroatoms. The second kappa shape index (κ2) is 23.3. The maximum Gasteiger partial charge on any atom is 0.340 e. The smallest absolute Gasteiger partial charge is 0.340 e. The van der Waals surface area contributed by atoms with Gasteiger partial charge in [0.25, 0.3) is 17.3 Å². The van der Waals surface area contributed by atoms with E-state index < -0.39 is 20.2 Å². The Hall–Kier alpha value is -6.79. The van der Waals surface area contributed by atoms with Gasteiger partial charge in [0, 0.05) is 53.0 Å². The minimum absolute atomic E-state index is 0.0463. The number of aryl methyl sites for hydroxylation is 4. The molecule has 0 aliphatic carbocycles. The first-order valence-electron chi connectivity index (χ1n) is 22.1. The summed E-state index contributed by atoms with van der Waals surface area (Å²) in [4.78, 5) is 11.6. The molecule has 0 spiro atoms. The number of ether oxygens (including phenoxy) is 3. The highest BCUT2D eigenvalue weighted by atomic mass is 32.2. The fourth-order valence-corrected chi connectivity index (χ4v) is 7.92. The van der Waals surface area contributed by atoms with Crippen molar-refractivity contribution in [1.82, 2.24) is 30.6 Å². The van der Waals surface area contributed by atoms with Gasteiger partial charge in [0.2, 0.25) is 0 Å². The normalized spacial score (nSPS) is 11.4. The SMILES string of the molecule is Cc1[nH][nH]c(=O)c1Cc1ccc(OC(C)C)cc1.Cc1[nH]nc(OS(C)(=O)=O)c1Cc1ccc(OC(C)C)cc1.Cc1ccc(S(=O)(=O)Oc2n[nH]c(C)c2Cc2ccc(OC(C)C)cc2)cc1. The number of hydrogen-bond donors (Lipinski definition) is 4. The van der Waals surface area contributed by atoms with Crippen LogP contribution in [0.25, 0.3) is 0 Å². The molecule has 3 aromatic heterocycles. The van der Waals surface area contributed by atoms with E-state index in [0.717, 1.165) is 74.0 Å². The third-order valence-corrected chi connectivity index (χ3v) is 11.6. The largest absolute Gasteiger partial charge is 0.491 e. The summed E-state index contributed by atoms with van der Waals surface area (Å²) >= 11 is 0. The zero-order chi connectivity index (χ0) is 49.8. The Morgan fingerprint density at radius 3 is 1.19 bits per heavy atom. The number of hydrogen-bond acceptors (Lipinski definition) is 12. The fourth-order valence-electron chi connectivity index (χ4n) is 6.59. The number of aromatic amines is 4. The van der Waals surface area contributed by atoms with Gasteiger partial charge >= 0.3 is 20.2 Å². The van der Waals surface area contributed by atoms with E-state index in [-0.39, 0.29) is 40.5 Å². The Kier molecular flexibility index (Phi) is 17.9. The van der Waals surface area contributed by atoms with Gasteiger partial charge in [-0.3, -0.25) is 20.1 Å². The minimum atomic E-state index is -3.95. The van der Waals surface area contributed by atoms with Crippen LogP contribution in [-0.4, -0.2) is 72.0 Å². The lowest BCUT2D eigenvalue weighted by Crippen LogP contribution is -2.11. The monoisotopic (exact) mass is 970 g/mol. The summed E-state index contributed by atoms with van der Waals surface area (Å²) in [6.45, 7) is 19.3. The van der Waals surface area contributed by atoms with Gasteiger partial charge in [-0.2, -0.15) is 16.8 Å². The molecule has 0 amide bonds. The van der Waals surface area contributed by atoms with Crippen molar-refractivity contribution in [3.8, 4) is 29.0 Å². The number of nitrogens with one attached hydrogen (secondary N) is 4. The van der Waals surface area contributed by atoms with Crippen LogP contribution in [0.5, 0.6) is 29.0 Å². The molecule has 0 unspecified atom stereocenters. The number of nitrogens with zero attached hydrogens (tertiary/aromatic N) is 2. The molecule has 3 heterocycles. The highest BCUT2D eigenvalue weighted by Crippen LogP contribution is 2.28. The average Bonchev–Trinajstić information content (AvgIpc) is 3.89. The topological polar surface area (TPSA) is 220 Å². The first kappa shape index (κ1) is 52.2. The molecular weight excluding hydrogens is 909 g/mol. The number of aromatic nitrogens is 6. The van der Waals surface area contributed by atoms with Crippen LogP contribution >= 0.6 is 0 Å². The van der Waals surface area contributed by atoms with E-state index >= 15 is 0 Å². The van der Waals surface area contributed by atoms with Crippen molar-refractivity contribution in [2.75, 3.05) is 6.26 Å². The van der Waals surface area contributed by atoms with Gasteiger partial charge in [-0.1, -0.05) is 54.1 Å². The third kappa shape index (κ3) is 15.9. The highest BCUT2D eigenvalue weighted by molar-refractivity contribution is 7.87. The molecule has 0 aliphatic rings. The van der Waals surface area contributed by atoms with Crippen LogP contribution < -0.4 is 28.1 Å². The van der Waals surface area contributed by atoms with E-state index in [1.165, 1.54) is 12.1 Å². The highest BCUT2D eigenvalue weighted by Gasteiger charge is 2.22. The van der Waals surface area contributed by atoms with Crippen molar-refractivity contribution >= 4 is 20.2 Å². The van der Waals surface area contributed by atoms with Crippen molar-refractivity contribution in [2.24, 2.45) is 0 Å². The molecule has 0 saturated heterocycles. The molecule has 364 valence electrons. The molecule has 7 aromatic rings. The van der Waals surface area contributed by atoms with Crippen LogP contribution in [0.2, 0.25) is 0 Å². The molecule has 7 rings (SSSR count). The molecule has 0 fully saturated rings. The number of rotatable bonds is 17. The second-order valence-electron chi connectivity index (χ2n) is 17.0. The van der Waals surface area contributed by atoms with E-state index in [1.807, 2.05) is 142 Å². The summed E-state index contributed by atoms with van der Waals surface area (Å²) in [6, 6.07) is 29.7. The molecule has 0 atom stereocenters. The summed E-state index contributed by atoms with van der Waals surface area (Å²) in [6.07, 6.45) is 3.04. The molecule has 0 bridgehead atoms. The summed E-state index contributed by atoms with van der Waals surface area (Å²) < 4.78 is 74.8. The van der Waals surface area contributed by atoms with Crippen LogP contribution in [0.15, 0.2) is 107 Å². The molecular formula is C50H62N6O10S2. The van der Waals surface area contributed by atoms with Crippen molar-refractivity contribution in [3.05, 3.63) is 163 Å². The van der Waals surface area contributed by atoms with Crippen LogP contribution in [-0.2, 0) is 39.5 Å². The third-order valence-electron chi connectivity index (χ3n) is 9.92.